The Kier molecular flexibility index (Phi) is 4.72. The first-order valence-corrected chi connectivity index (χ1v) is 6.66. The molecule has 0 heterocycles. The van der Waals surface area contributed by atoms with Gasteiger partial charge in [-0.1, -0.05) is 23.7 Å². The number of ether oxygens (including phenoxy) is 1. The average Bonchev–Trinajstić information content (AvgIpc) is 2.47. The summed E-state index contributed by atoms with van der Waals surface area (Å²) in [6.07, 6.45) is -0.688. The molecule has 7 heteroatoms. The topological polar surface area (TPSA) is 69.4 Å². The molecule has 0 bridgehead atoms. The second-order valence-electron chi connectivity index (χ2n) is 4.52. The summed E-state index contributed by atoms with van der Waals surface area (Å²) in [5.41, 5.74) is -0.0494. The highest BCUT2D eigenvalue weighted by molar-refractivity contribution is 6.31. The predicted octanol–water partition coefficient (Wildman–Crippen LogP) is 4.31. The normalized spacial score (nSPS) is 11.8. The maximum absolute atomic E-state index is 12.9. The van der Waals surface area contributed by atoms with Crippen LogP contribution in [0.1, 0.15) is 28.9 Å². The number of nitro groups is 1. The van der Waals surface area contributed by atoms with E-state index in [2.05, 4.69) is 0 Å². The molecule has 0 unspecified atom stereocenters. The molecule has 22 heavy (non-hydrogen) atoms. The van der Waals surface area contributed by atoms with Crippen LogP contribution in [0.2, 0.25) is 5.02 Å². The quantitative estimate of drug-likeness (QED) is 0.477. The van der Waals surface area contributed by atoms with Crippen LogP contribution >= 0.6 is 11.6 Å². The Labute approximate surface area is 130 Å². The highest BCUT2D eigenvalue weighted by Gasteiger charge is 2.23. The first kappa shape index (κ1) is 15.9. The van der Waals surface area contributed by atoms with Crippen molar-refractivity contribution in [3.05, 3.63) is 74.5 Å². The molecule has 1 atom stereocenters. The maximum Gasteiger partial charge on any atom is 0.345 e. The summed E-state index contributed by atoms with van der Waals surface area (Å²) >= 11 is 5.76. The molecular weight excluding hydrogens is 313 g/mol. The number of nitrogens with zero attached hydrogens (tertiary/aromatic N) is 1. The van der Waals surface area contributed by atoms with E-state index in [1.807, 2.05) is 0 Å². The second kappa shape index (κ2) is 6.53. The molecule has 0 aliphatic carbocycles. The van der Waals surface area contributed by atoms with Crippen molar-refractivity contribution in [3.8, 4) is 0 Å². The van der Waals surface area contributed by atoms with Crippen molar-refractivity contribution in [2.24, 2.45) is 0 Å². The molecule has 2 aromatic carbocycles. The largest absolute Gasteiger partial charge is 0.454 e. The number of nitro benzene ring substituents is 1. The minimum absolute atomic E-state index is 0.187. The number of carbonyl (C=O) groups is 1. The van der Waals surface area contributed by atoms with Crippen LogP contribution in [0.3, 0.4) is 0 Å². The van der Waals surface area contributed by atoms with Crippen molar-refractivity contribution in [1.29, 1.82) is 0 Å². The highest BCUT2D eigenvalue weighted by atomic mass is 35.5. The van der Waals surface area contributed by atoms with Crippen molar-refractivity contribution in [2.75, 3.05) is 0 Å². The van der Waals surface area contributed by atoms with Gasteiger partial charge in [0.1, 0.15) is 17.5 Å². The lowest BCUT2D eigenvalue weighted by Crippen LogP contribution is -2.11. The van der Waals surface area contributed by atoms with E-state index in [0.717, 1.165) is 6.07 Å². The monoisotopic (exact) mass is 323 g/mol. The van der Waals surface area contributed by atoms with Crippen molar-refractivity contribution in [1.82, 2.24) is 0 Å². The Morgan fingerprint density at radius 3 is 2.50 bits per heavy atom. The molecule has 0 aromatic heterocycles. The molecule has 0 amide bonds. The van der Waals surface area contributed by atoms with E-state index in [4.69, 9.17) is 16.3 Å². The summed E-state index contributed by atoms with van der Waals surface area (Å²) in [5, 5.41) is 11.1. The Hall–Kier alpha value is -2.47. The van der Waals surface area contributed by atoms with Gasteiger partial charge in [0.05, 0.1) is 4.92 Å². The molecular formula is C15H11ClFNO4. The maximum atomic E-state index is 12.9. The molecule has 0 fully saturated rings. The Bertz CT molecular complexity index is 718. The van der Waals surface area contributed by atoms with Gasteiger partial charge in [-0.15, -0.1) is 0 Å². The molecule has 0 saturated heterocycles. The molecule has 2 rings (SSSR count). The summed E-state index contributed by atoms with van der Waals surface area (Å²) in [4.78, 5) is 22.4. The third-order valence-corrected chi connectivity index (χ3v) is 3.23. The van der Waals surface area contributed by atoms with Gasteiger partial charge in [-0.05, 0) is 36.8 Å². The Morgan fingerprint density at radius 1 is 1.27 bits per heavy atom. The summed E-state index contributed by atoms with van der Waals surface area (Å²) in [6.45, 7) is 1.58. The van der Waals surface area contributed by atoms with Crippen molar-refractivity contribution < 1.29 is 18.8 Å². The smallest absolute Gasteiger partial charge is 0.345 e. The van der Waals surface area contributed by atoms with Crippen LogP contribution in [-0.4, -0.2) is 10.9 Å². The standard InChI is InChI=1S/C15H11ClFNO4/c1-9(10-2-5-12(17)6-3-10)22-15(19)13-8-11(16)4-7-14(13)18(20)21/h2-9H,1H3/t9-/m1/s1. The molecule has 0 N–H and O–H groups in total. The molecule has 0 aliphatic heterocycles. The van der Waals surface area contributed by atoms with Gasteiger partial charge in [-0.25, -0.2) is 9.18 Å². The molecule has 0 aliphatic rings. The van der Waals surface area contributed by atoms with Gasteiger partial charge in [0.25, 0.3) is 5.69 Å². The number of hydrogen-bond donors (Lipinski definition) is 0. The highest BCUT2D eigenvalue weighted by Crippen LogP contribution is 2.26. The molecule has 0 radical (unpaired) electrons. The van der Waals surface area contributed by atoms with Gasteiger partial charge in [-0.3, -0.25) is 10.1 Å². The summed E-state index contributed by atoms with van der Waals surface area (Å²) in [6, 6.07) is 9.06. The fraction of sp³-hybridized carbons (Fsp3) is 0.133. The number of carbonyl (C=O) groups excluding carboxylic acids is 1. The van der Waals surface area contributed by atoms with Crippen LogP contribution in [0, 0.1) is 15.9 Å². The van der Waals surface area contributed by atoms with E-state index in [1.165, 1.54) is 36.4 Å². The molecule has 2 aromatic rings. The fourth-order valence-corrected chi connectivity index (χ4v) is 2.03. The predicted molar refractivity (Wildman–Crippen MR) is 78.3 cm³/mol. The summed E-state index contributed by atoms with van der Waals surface area (Å²) < 4.78 is 18.1. The van der Waals surface area contributed by atoms with Crippen LogP contribution in [0.5, 0.6) is 0 Å². The first-order valence-electron chi connectivity index (χ1n) is 6.29. The molecule has 114 valence electrons. The Balaban J connectivity index is 2.23. The zero-order valence-electron chi connectivity index (χ0n) is 11.5. The van der Waals surface area contributed by atoms with Crippen LogP contribution in [0.25, 0.3) is 0 Å². The lowest BCUT2D eigenvalue weighted by atomic mass is 10.1. The van der Waals surface area contributed by atoms with E-state index in [9.17, 15) is 19.3 Å². The average molecular weight is 324 g/mol. The SMILES string of the molecule is C[C@@H](OC(=O)c1cc(Cl)ccc1[N+](=O)[O-])c1ccc(F)cc1. The zero-order valence-corrected chi connectivity index (χ0v) is 12.2. The number of hydrogen-bond acceptors (Lipinski definition) is 4. The van der Waals surface area contributed by atoms with Gasteiger partial charge in [0.2, 0.25) is 0 Å². The summed E-state index contributed by atoms with van der Waals surface area (Å²) in [7, 11) is 0. The molecule has 0 spiro atoms. The van der Waals surface area contributed by atoms with E-state index in [1.54, 1.807) is 6.92 Å². The van der Waals surface area contributed by atoms with Gasteiger partial charge in [0, 0.05) is 11.1 Å². The van der Waals surface area contributed by atoms with E-state index >= 15 is 0 Å². The van der Waals surface area contributed by atoms with Crippen molar-refractivity contribution in [3.63, 3.8) is 0 Å². The number of benzene rings is 2. The van der Waals surface area contributed by atoms with Crippen molar-refractivity contribution >= 4 is 23.3 Å². The number of rotatable bonds is 4. The molecule has 5 nitrogen and oxygen atoms in total. The van der Waals surface area contributed by atoms with Gasteiger partial charge >= 0.3 is 5.97 Å². The number of esters is 1. The lowest BCUT2D eigenvalue weighted by Gasteiger charge is -2.13. The van der Waals surface area contributed by atoms with Crippen molar-refractivity contribution in [2.45, 2.75) is 13.0 Å². The van der Waals surface area contributed by atoms with Gasteiger partial charge in [0.15, 0.2) is 0 Å². The third-order valence-electron chi connectivity index (χ3n) is 3.00. The third kappa shape index (κ3) is 3.59. The van der Waals surface area contributed by atoms with Crippen LogP contribution in [-0.2, 0) is 4.74 Å². The lowest BCUT2D eigenvalue weighted by molar-refractivity contribution is -0.385. The summed E-state index contributed by atoms with van der Waals surface area (Å²) in [5.74, 6) is -1.28. The Morgan fingerprint density at radius 2 is 1.91 bits per heavy atom. The minimum atomic E-state index is -0.869. The van der Waals surface area contributed by atoms with Crippen LogP contribution in [0.15, 0.2) is 42.5 Å². The minimum Gasteiger partial charge on any atom is -0.454 e. The van der Waals surface area contributed by atoms with E-state index in [-0.39, 0.29) is 16.3 Å². The van der Waals surface area contributed by atoms with Crippen LogP contribution < -0.4 is 0 Å². The van der Waals surface area contributed by atoms with Gasteiger partial charge < -0.3 is 4.74 Å². The van der Waals surface area contributed by atoms with E-state index in [0.29, 0.717) is 5.56 Å². The number of halogens is 2. The van der Waals surface area contributed by atoms with Crippen LogP contribution in [0.4, 0.5) is 10.1 Å². The van der Waals surface area contributed by atoms with Gasteiger partial charge in [-0.2, -0.15) is 0 Å². The zero-order chi connectivity index (χ0) is 16.3. The second-order valence-corrected chi connectivity index (χ2v) is 4.95. The molecule has 0 saturated carbocycles. The van der Waals surface area contributed by atoms with E-state index < -0.39 is 22.8 Å². The first-order chi connectivity index (χ1) is 10.4. The fourth-order valence-electron chi connectivity index (χ4n) is 1.86.